The Bertz CT molecular complexity index is 369. The van der Waals surface area contributed by atoms with Crippen molar-refractivity contribution in [2.24, 2.45) is 5.41 Å². The Hall–Kier alpha value is -0.530. The molecule has 0 amide bonds. The standard InChI is InChI=1S/C12H14ClN/c13-11-2-1-10-6-12(7-14-8-12)4-3-9(10)5-11/h1-2,5,14H,3-4,6-8H2. The predicted octanol–water partition coefficient (Wildman–Crippen LogP) is 2.42. The summed E-state index contributed by atoms with van der Waals surface area (Å²) in [4.78, 5) is 0. The van der Waals surface area contributed by atoms with Crippen molar-refractivity contribution in [2.45, 2.75) is 19.3 Å². The number of hydrogen-bond donors (Lipinski definition) is 1. The number of rotatable bonds is 0. The van der Waals surface area contributed by atoms with Crippen LogP contribution in [0.25, 0.3) is 0 Å². The highest BCUT2D eigenvalue weighted by molar-refractivity contribution is 6.30. The van der Waals surface area contributed by atoms with E-state index in [1.807, 2.05) is 6.07 Å². The molecule has 0 saturated carbocycles. The second kappa shape index (κ2) is 2.98. The van der Waals surface area contributed by atoms with E-state index in [-0.39, 0.29) is 0 Å². The highest BCUT2D eigenvalue weighted by Crippen LogP contribution is 2.38. The minimum absolute atomic E-state index is 0.584. The molecule has 0 aromatic heterocycles. The fourth-order valence-electron chi connectivity index (χ4n) is 2.67. The third-order valence-corrected chi connectivity index (χ3v) is 3.89. The van der Waals surface area contributed by atoms with E-state index >= 15 is 0 Å². The highest BCUT2D eigenvalue weighted by atomic mass is 35.5. The highest BCUT2D eigenvalue weighted by Gasteiger charge is 2.39. The summed E-state index contributed by atoms with van der Waals surface area (Å²) in [6.07, 6.45) is 3.78. The van der Waals surface area contributed by atoms with Crippen LogP contribution in [0.2, 0.25) is 5.02 Å². The van der Waals surface area contributed by atoms with Crippen LogP contribution < -0.4 is 5.32 Å². The number of halogens is 1. The molecule has 1 aliphatic heterocycles. The second-order valence-electron chi connectivity index (χ2n) is 4.69. The second-order valence-corrected chi connectivity index (χ2v) is 5.13. The van der Waals surface area contributed by atoms with Gasteiger partial charge in [0.15, 0.2) is 0 Å². The molecule has 2 aliphatic rings. The van der Waals surface area contributed by atoms with Gasteiger partial charge >= 0.3 is 0 Å². The lowest BCUT2D eigenvalue weighted by Crippen LogP contribution is -2.56. The molecule has 1 aromatic carbocycles. The van der Waals surface area contributed by atoms with Crippen LogP contribution in [0, 0.1) is 5.41 Å². The summed E-state index contributed by atoms with van der Waals surface area (Å²) in [6, 6.07) is 6.36. The molecule has 0 bridgehead atoms. The van der Waals surface area contributed by atoms with E-state index in [1.165, 1.54) is 43.5 Å². The average molecular weight is 208 g/mol. The van der Waals surface area contributed by atoms with E-state index in [0.717, 1.165) is 5.02 Å². The average Bonchev–Trinajstić information content (AvgIpc) is 2.15. The molecule has 1 fully saturated rings. The third-order valence-electron chi connectivity index (χ3n) is 3.66. The molecule has 14 heavy (non-hydrogen) atoms. The van der Waals surface area contributed by atoms with Gasteiger partial charge in [-0.3, -0.25) is 0 Å². The smallest absolute Gasteiger partial charge is 0.0408 e. The molecule has 1 spiro atoms. The lowest BCUT2D eigenvalue weighted by molar-refractivity contribution is 0.143. The van der Waals surface area contributed by atoms with Gasteiger partial charge in [0, 0.05) is 18.1 Å². The molecule has 74 valence electrons. The Morgan fingerprint density at radius 2 is 2.07 bits per heavy atom. The van der Waals surface area contributed by atoms with Crippen LogP contribution in [-0.4, -0.2) is 13.1 Å². The lowest BCUT2D eigenvalue weighted by Gasteiger charge is -2.46. The Balaban J connectivity index is 1.94. The van der Waals surface area contributed by atoms with Crippen molar-refractivity contribution < 1.29 is 0 Å². The third kappa shape index (κ3) is 1.27. The normalized spacial score (nSPS) is 22.9. The van der Waals surface area contributed by atoms with Gasteiger partial charge in [-0.1, -0.05) is 17.7 Å². The van der Waals surface area contributed by atoms with E-state index in [0.29, 0.717) is 5.41 Å². The fourth-order valence-corrected chi connectivity index (χ4v) is 2.87. The minimum Gasteiger partial charge on any atom is -0.316 e. The molecule has 0 unspecified atom stereocenters. The Morgan fingerprint density at radius 3 is 2.79 bits per heavy atom. The minimum atomic E-state index is 0.584. The number of nitrogens with one attached hydrogen (secondary N) is 1. The molecule has 1 aromatic rings. The molecule has 0 radical (unpaired) electrons. The molecular formula is C12H14ClN. The zero-order valence-electron chi connectivity index (χ0n) is 8.15. The van der Waals surface area contributed by atoms with Crippen molar-refractivity contribution in [1.82, 2.24) is 5.32 Å². The van der Waals surface area contributed by atoms with Crippen LogP contribution in [0.1, 0.15) is 17.5 Å². The molecule has 2 heteroatoms. The van der Waals surface area contributed by atoms with Crippen LogP contribution in [0.15, 0.2) is 18.2 Å². The Labute approximate surface area is 89.5 Å². The first-order valence-electron chi connectivity index (χ1n) is 5.26. The van der Waals surface area contributed by atoms with E-state index in [2.05, 4.69) is 17.4 Å². The van der Waals surface area contributed by atoms with Gasteiger partial charge in [-0.05, 0) is 47.9 Å². The van der Waals surface area contributed by atoms with E-state index in [1.54, 1.807) is 0 Å². The largest absolute Gasteiger partial charge is 0.316 e. The summed E-state index contributed by atoms with van der Waals surface area (Å²) in [5, 5.41) is 4.27. The van der Waals surface area contributed by atoms with Crippen molar-refractivity contribution in [2.75, 3.05) is 13.1 Å². The number of fused-ring (bicyclic) bond motifs is 1. The zero-order chi connectivity index (χ0) is 9.60. The topological polar surface area (TPSA) is 12.0 Å². The zero-order valence-corrected chi connectivity index (χ0v) is 8.90. The van der Waals surface area contributed by atoms with Crippen LogP contribution >= 0.6 is 11.6 Å². The van der Waals surface area contributed by atoms with Gasteiger partial charge in [0.25, 0.3) is 0 Å². The van der Waals surface area contributed by atoms with Gasteiger partial charge in [-0.15, -0.1) is 0 Å². The van der Waals surface area contributed by atoms with Crippen LogP contribution in [0.5, 0.6) is 0 Å². The van der Waals surface area contributed by atoms with Gasteiger partial charge in [0.1, 0.15) is 0 Å². The Morgan fingerprint density at radius 1 is 1.21 bits per heavy atom. The molecule has 1 saturated heterocycles. The predicted molar refractivity (Wildman–Crippen MR) is 58.8 cm³/mol. The fraction of sp³-hybridized carbons (Fsp3) is 0.500. The Kier molecular flexibility index (Phi) is 1.86. The van der Waals surface area contributed by atoms with Crippen LogP contribution in [-0.2, 0) is 12.8 Å². The van der Waals surface area contributed by atoms with Crippen molar-refractivity contribution >= 4 is 11.6 Å². The molecule has 0 atom stereocenters. The maximum atomic E-state index is 5.98. The molecular weight excluding hydrogens is 194 g/mol. The first-order chi connectivity index (χ1) is 6.77. The van der Waals surface area contributed by atoms with Crippen LogP contribution in [0.4, 0.5) is 0 Å². The van der Waals surface area contributed by atoms with Gasteiger partial charge in [-0.25, -0.2) is 0 Å². The number of benzene rings is 1. The van der Waals surface area contributed by atoms with Crippen molar-refractivity contribution in [3.05, 3.63) is 34.3 Å². The van der Waals surface area contributed by atoms with Gasteiger partial charge < -0.3 is 5.32 Å². The first kappa shape index (κ1) is 8.75. The van der Waals surface area contributed by atoms with Crippen molar-refractivity contribution in [3.63, 3.8) is 0 Å². The first-order valence-corrected chi connectivity index (χ1v) is 5.63. The maximum absolute atomic E-state index is 5.98. The summed E-state index contributed by atoms with van der Waals surface area (Å²) in [5.41, 5.74) is 3.57. The van der Waals surface area contributed by atoms with Gasteiger partial charge in [0.05, 0.1) is 0 Å². The summed E-state index contributed by atoms with van der Waals surface area (Å²) < 4.78 is 0. The van der Waals surface area contributed by atoms with Crippen molar-refractivity contribution in [1.29, 1.82) is 0 Å². The quantitative estimate of drug-likeness (QED) is 0.689. The van der Waals surface area contributed by atoms with Crippen LogP contribution in [0.3, 0.4) is 0 Å². The molecule has 1 heterocycles. The summed E-state index contributed by atoms with van der Waals surface area (Å²) in [5.74, 6) is 0. The van der Waals surface area contributed by atoms with Gasteiger partial charge in [0.2, 0.25) is 0 Å². The molecule has 1 N–H and O–H groups in total. The monoisotopic (exact) mass is 207 g/mol. The SMILES string of the molecule is Clc1ccc2c(c1)CCC1(CNC1)C2. The van der Waals surface area contributed by atoms with Crippen molar-refractivity contribution in [3.8, 4) is 0 Å². The lowest BCUT2D eigenvalue weighted by atomic mass is 9.68. The molecule has 3 rings (SSSR count). The number of aryl methyl sites for hydroxylation is 1. The van der Waals surface area contributed by atoms with E-state index in [9.17, 15) is 0 Å². The summed E-state index contributed by atoms with van der Waals surface area (Å²) >= 11 is 5.98. The van der Waals surface area contributed by atoms with Gasteiger partial charge in [-0.2, -0.15) is 0 Å². The summed E-state index contributed by atoms with van der Waals surface area (Å²) in [7, 11) is 0. The maximum Gasteiger partial charge on any atom is 0.0408 e. The number of hydrogen-bond acceptors (Lipinski definition) is 1. The summed E-state index contributed by atoms with van der Waals surface area (Å²) in [6.45, 7) is 2.41. The van der Waals surface area contributed by atoms with E-state index < -0.39 is 0 Å². The van der Waals surface area contributed by atoms with E-state index in [4.69, 9.17) is 11.6 Å². The molecule has 1 nitrogen and oxygen atoms in total. The molecule has 1 aliphatic carbocycles.